The summed E-state index contributed by atoms with van der Waals surface area (Å²) in [5, 5.41) is 4.62. The van der Waals surface area contributed by atoms with Gasteiger partial charge in [-0.05, 0) is 38.2 Å². The average Bonchev–Trinajstić information content (AvgIpc) is 3.21. The van der Waals surface area contributed by atoms with Crippen molar-refractivity contribution < 1.29 is 9.53 Å². The van der Waals surface area contributed by atoms with Crippen LogP contribution in [0.25, 0.3) is 17.1 Å². The number of piperazine rings is 1. The van der Waals surface area contributed by atoms with Gasteiger partial charge in [0.05, 0.1) is 30.4 Å². The molecule has 3 aromatic heterocycles. The summed E-state index contributed by atoms with van der Waals surface area (Å²) < 4.78 is 6.85. The number of carbonyl (C=O) groups excluding carboxylic acids is 1. The first-order valence-electron chi connectivity index (χ1n) is 9.58. The van der Waals surface area contributed by atoms with E-state index in [9.17, 15) is 4.79 Å². The van der Waals surface area contributed by atoms with E-state index >= 15 is 0 Å². The Morgan fingerprint density at radius 1 is 1.17 bits per heavy atom. The number of pyridine rings is 2. The minimum absolute atomic E-state index is 0.0673. The highest BCUT2D eigenvalue weighted by molar-refractivity contribution is 5.93. The van der Waals surface area contributed by atoms with Gasteiger partial charge in [0.25, 0.3) is 5.91 Å². The van der Waals surface area contributed by atoms with Gasteiger partial charge in [0.1, 0.15) is 0 Å². The lowest BCUT2D eigenvalue weighted by molar-refractivity contribution is 0.0566. The van der Waals surface area contributed by atoms with Crippen molar-refractivity contribution in [1.29, 1.82) is 0 Å². The number of amides is 1. The van der Waals surface area contributed by atoms with Crippen LogP contribution >= 0.6 is 0 Å². The van der Waals surface area contributed by atoms with Gasteiger partial charge in [-0.3, -0.25) is 9.78 Å². The van der Waals surface area contributed by atoms with Crippen LogP contribution < -0.4 is 4.74 Å². The number of hydrogen-bond acceptors (Lipinski definition) is 6. The van der Waals surface area contributed by atoms with E-state index < -0.39 is 0 Å². The summed E-state index contributed by atoms with van der Waals surface area (Å²) in [4.78, 5) is 26.0. The molecule has 8 heteroatoms. The molecule has 0 spiro atoms. The van der Waals surface area contributed by atoms with Gasteiger partial charge in [-0.1, -0.05) is 6.07 Å². The molecule has 0 saturated carbocycles. The van der Waals surface area contributed by atoms with Crippen LogP contribution in [0.2, 0.25) is 0 Å². The molecule has 1 aliphatic heterocycles. The smallest absolute Gasteiger partial charge is 0.274 e. The molecule has 1 fully saturated rings. The second-order valence-corrected chi connectivity index (χ2v) is 7.18. The summed E-state index contributed by atoms with van der Waals surface area (Å²) in [6.45, 7) is 4.35. The maximum atomic E-state index is 13.2. The predicted octanol–water partition coefficient (Wildman–Crippen LogP) is 2.11. The lowest BCUT2D eigenvalue weighted by Crippen LogP contribution is -2.52. The van der Waals surface area contributed by atoms with Gasteiger partial charge in [-0.2, -0.15) is 5.10 Å². The van der Waals surface area contributed by atoms with Crippen molar-refractivity contribution in [3.8, 4) is 23.0 Å². The lowest BCUT2D eigenvalue weighted by Gasteiger charge is -2.37. The number of aromatic nitrogens is 4. The molecule has 4 heterocycles. The molecule has 4 rings (SSSR count). The number of methoxy groups -OCH3 is 1. The highest BCUT2D eigenvalue weighted by Gasteiger charge is 2.27. The van der Waals surface area contributed by atoms with Crippen molar-refractivity contribution in [3.05, 3.63) is 54.5 Å². The molecule has 0 radical (unpaired) electrons. The molecule has 0 bridgehead atoms. The SMILES string of the molecule is COc1ccc(-n2nc(C(=O)N3CCN(C)C(C)C3)cc2-c2ccccn2)cn1. The molecule has 8 nitrogen and oxygen atoms in total. The Kier molecular flexibility index (Phi) is 5.26. The van der Waals surface area contributed by atoms with Crippen LogP contribution in [-0.2, 0) is 0 Å². The zero-order valence-corrected chi connectivity index (χ0v) is 16.8. The zero-order valence-electron chi connectivity index (χ0n) is 16.8. The molecule has 1 amide bonds. The lowest BCUT2D eigenvalue weighted by atomic mass is 10.2. The third-order valence-electron chi connectivity index (χ3n) is 5.28. The first kappa shape index (κ1) is 19.1. The van der Waals surface area contributed by atoms with E-state index in [1.807, 2.05) is 29.2 Å². The van der Waals surface area contributed by atoms with Crippen LogP contribution in [0, 0.1) is 0 Å². The van der Waals surface area contributed by atoms with Gasteiger partial charge in [-0.15, -0.1) is 0 Å². The van der Waals surface area contributed by atoms with E-state index in [2.05, 4.69) is 33.9 Å². The molecular weight excluding hydrogens is 368 g/mol. The Balaban J connectivity index is 1.72. The third-order valence-corrected chi connectivity index (χ3v) is 5.28. The molecule has 0 aromatic carbocycles. The van der Waals surface area contributed by atoms with Crippen molar-refractivity contribution in [2.24, 2.45) is 0 Å². The van der Waals surface area contributed by atoms with Crippen molar-refractivity contribution in [2.75, 3.05) is 33.8 Å². The molecule has 150 valence electrons. The van der Waals surface area contributed by atoms with E-state index in [0.717, 1.165) is 23.6 Å². The summed E-state index contributed by atoms with van der Waals surface area (Å²) in [6.07, 6.45) is 3.40. The summed E-state index contributed by atoms with van der Waals surface area (Å²) in [5.74, 6) is 0.449. The van der Waals surface area contributed by atoms with Gasteiger partial charge in [0.2, 0.25) is 5.88 Å². The molecule has 1 saturated heterocycles. The van der Waals surface area contributed by atoms with Crippen LogP contribution in [0.3, 0.4) is 0 Å². The fourth-order valence-electron chi connectivity index (χ4n) is 3.39. The minimum atomic E-state index is -0.0673. The van der Waals surface area contributed by atoms with Crippen LogP contribution in [0.4, 0.5) is 0 Å². The number of rotatable bonds is 4. The quantitative estimate of drug-likeness (QED) is 0.677. The van der Waals surface area contributed by atoms with Crippen LogP contribution in [0.1, 0.15) is 17.4 Å². The third kappa shape index (κ3) is 3.84. The van der Waals surface area contributed by atoms with Gasteiger partial charge in [-0.25, -0.2) is 9.67 Å². The molecule has 0 N–H and O–H groups in total. The summed E-state index contributed by atoms with van der Waals surface area (Å²) in [6, 6.07) is 11.4. The fourth-order valence-corrected chi connectivity index (χ4v) is 3.39. The standard InChI is InChI=1S/C21H24N6O2/c1-15-14-26(11-10-25(15)2)21(28)18-12-19(17-6-4-5-9-22-17)27(24-18)16-7-8-20(29-3)23-13-16/h4-9,12-13,15H,10-11,14H2,1-3H3. The number of ether oxygens (including phenoxy) is 1. The molecule has 1 atom stereocenters. The minimum Gasteiger partial charge on any atom is -0.481 e. The molecule has 29 heavy (non-hydrogen) atoms. The van der Waals surface area contributed by atoms with Crippen LogP contribution in [-0.4, -0.2) is 75.3 Å². The maximum Gasteiger partial charge on any atom is 0.274 e. The van der Waals surface area contributed by atoms with Crippen molar-refractivity contribution in [1.82, 2.24) is 29.5 Å². The van der Waals surface area contributed by atoms with E-state index in [1.165, 1.54) is 0 Å². The Labute approximate surface area is 169 Å². The summed E-state index contributed by atoms with van der Waals surface area (Å²) in [5.41, 5.74) is 2.61. The van der Waals surface area contributed by atoms with E-state index in [4.69, 9.17) is 4.74 Å². The highest BCUT2D eigenvalue weighted by atomic mass is 16.5. The topological polar surface area (TPSA) is 76.4 Å². The Bertz CT molecular complexity index is 986. The van der Waals surface area contributed by atoms with Crippen molar-refractivity contribution in [2.45, 2.75) is 13.0 Å². The Morgan fingerprint density at radius 3 is 2.69 bits per heavy atom. The molecule has 1 unspecified atom stereocenters. The summed E-state index contributed by atoms with van der Waals surface area (Å²) in [7, 11) is 3.65. The van der Waals surface area contributed by atoms with Gasteiger partial charge < -0.3 is 14.5 Å². The Morgan fingerprint density at radius 2 is 2.03 bits per heavy atom. The molecular formula is C21H24N6O2. The Hall–Kier alpha value is -3.26. The highest BCUT2D eigenvalue weighted by Crippen LogP contribution is 2.24. The normalized spacial score (nSPS) is 17.3. The average molecular weight is 392 g/mol. The predicted molar refractivity (Wildman–Crippen MR) is 109 cm³/mol. The molecule has 1 aliphatic rings. The monoisotopic (exact) mass is 392 g/mol. The van der Waals surface area contributed by atoms with Crippen molar-refractivity contribution in [3.63, 3.8) is 0 Å². The van der Waals surface area contributed by atoms with Gasteiger partial charge in [0.15, 0.2) is 5.69 Å². The van der Waals surface area contributed by atoms with Gasteiger partial charge in [0, 0.05) is 37.9 Å². The van der Waals surface area contributed by atoms with Crippen molar-refractivity contribution >= 4 is 5.91 Å². The van der Waals surface area contributed by atoms with E-state index in [-0.39, 0.29) is 5.91 Å². The number of likely N-dealkylation sites (N-methyl/N-ethyl adjacent to an activating group) is 1. The second kappa shape index (κ2) is 8.00. The van der Waals surface area contributed by atoms with Gasteiger partial charge >= 0.3 is 0 Å². The fraction of sp³-hybridized carbons (Fsp3) is 0.333. The van der Waals surface area contributed by atoms with E-state index in [0.29, 0.717) is 30.7 Å². The first-order valence-corrected chi connectivity index (χ1v) is 9.58. The molecule has 0 aliphatic carbocycles. The zero-order chi connectivity index (χ0) is 20.4. The number of carbonyl (C=O) groups is 1. The maximum absolute atomic E-state index is 13.2. The number of nitrogens with zero attached hydrogens (tertiary/aromatic N) is 6. The first-order chi connectivity index (χ1) is 14.1. The number of hydrogen-bond donors (Lipinski definition) is 0. The molecule has 3 aromatic rings. The second-order valence-electron chi connectivity index (χ2n) is 7.18. The summed E-state index contributed by atoms with van der Waals surface area (Å²) >= 11 is 0. The van der Waals surface area contributed by atoms with E-state index in [1.54, 1.807) is 36.3 Å². The van der Waals surface area contributed by atoms with Crippen LogP contribution in [0.5, 0.6) is 5.88 Å². The largest absolute Gasteiger partial charge is 0.481 e. The van der Waals surface area contributed by atoms with Crippen LogP contribution in [0.15, 0.2) is 48.8 Å².